The van der Waals surface area contributed by atoms with E-state index in [1.807, 2.05) is 0 Å². The van der Waals surface area contributed by atoms with Gasteiger partial charge in [0.1, 0.15) is 11.6 Å². The van der Waals surface area contributed by atoms with Crippen LogP contribution < -0.4 is 5.32 Å². The van der Waals surface area contributed by atoms with E-state index >= 15 is 0 Å². The highest BCUT2D eigenvalue weighted by atomic mass is 19.4. The van der Waals surface area contributed by atoms with Crippen molar-refractivity contribution in [3.63, 3.8) is 0 Å². The van der Waals surface area contributed by atoms with Gasteiger partial charge in [-0.15, -0.1) is 0 Å². The average Bonchev–Trinajstić information content (AvgIpc) is 3.20. The number of alkyl halides is 3. The highest BCUT2D eigenvalue weighted by Gasteiger charge is 2.36. The second-order valence-corrected chi connectivity index (χ2v) is 9.34. The molecule has 2 amide bonds. The number of carbonyl (C=O) groups is 2. The van der Waals surface area contributed by atoms with Gasteiger partial charge >= 0.3 is 12.3 Å². The third-order valence-corrected chi connectivity index (χ3v) is 5.32. The van der Waals surface area contributed by atoms with Crippen LogP contribution in [0.3, 0.4) is 0 Å². The first-order valence-corrected chi connectivity index (χ1v) is 10.9. The Balaban J connectivity index is 1.70. The number of nitrogens with one attached hydrogen (secondary N) is 1. The Labute approximate surface area is 191 Å². The van der Waals surface area contributed by atoms with Gasteiger partial charge in [-0.25, -0.2) is 4.79 Å². The molecule has 0 bridgehead atoms. The Hall–Kier alpha value is -3.03. The molecular formula is C25H29F3N2O3. The molecule has 33 heavy (non-hydrogen) atoms. The van der Waals surface area contributed by atoms with Crippen LogP contribution in [-0.2, 0) is 22.3 Å². The molecule has 1 N–H and O–H groups in total. The highest BCUT2D eigenvalue weighted by Crippen LogP contribution is 2.33. The Bertz CT molecular complexity index is 1030. The van der Waals surface area contributed by atoms with Gasteiger partial charge in [0.25, 0.3) is 0 Å². The predicted molar refractivity (Wildman–Crippen MR) is 119 cm³/mol. The molecule has 8 heteroatoms. The quantitative estimate of drug-likeness (QED) is 0.635. The number of likely N-dealkylation sites (tertiary alicyclic amines) is 1. The van der Waals surface area contributed by atoms with Gasteiger partial charge in [0.2, 0.25) is 5.91 Å². The highest BCUT2D eigenvalue weighted by molar-refractivity contribution is 5.86. The molecule has 0 saturated carbocycles. The Morgan fingerprint density at radius 1 is 1.09 bits per heavy atom. The zero-order valence-corrected chi connectivity index (χ0v) is 19.3. The zero-order chi connectivity index (χ0) is 24.4. The summed E-state index contributed by atoms with van der Waals surface area (Å²) in [5, 5.41) is 2.85. The number of amides is 2. The van der Waals surface area contributed by atoms with Crippen LogP contribution >= 0.6 is 0 Å². The number of halogens is 3. The lowest BCUT2D eigenvalue weighted by molar-refractivity contribution is -0.137. The molecule has 1 atom stereocenters. The number of aryl methyl sites for hydroxylation is 1. The number of carbonyl (C=O) groups excluding carboxylic acids is 2. The topological polar surface area (TPSA) is 58.6 Å². The van der Waals surface area contributed by atoms with Crippen molar-refractivity contribution in [3.8, 4) is 11.1 Å². The fourth-order valence-corrected chi connectivity index (χ4v) is 3.86. The molecule has 1 fully saturated rings. The molecule has 3 rings (SSSR count). The standard InChI is InChI=1S/C25H29F3N2O3/c1-16-11-19(14-20(12-16)25(26,27)28)18-8-5-7-17(13-18)15-29-22(31)21-9-6-10-30(21)23(32)33-24(2,3)4/h5,7-8,11-14,21H,6,9-10,15H2,1-4H3,(H,29,31)/t21-/m0/s1. The minimum atomic E-state index is -4.42. The van der Waals surface area contributed by atoms with Crippen molar-refractivity contribution in [2.75, 3.05) is 6.54 Å². The molecule has 0 aliphatic carbocycles. The number of rotatable bonds is 4. The summed E-state index contributed by atoms with van der Waals surface area (Å²) in [7, 11) is 0. The van der Waals surface area contributed by atoms with E-state index in [0.717, 1.165) is 17.7 Å². The van der Waals surface area contributed by atoms with Crippen molar-refractivity contribution in [1.82, 2.24) is 10.2 Å². The predicted octanol–water partition coefficient (Wildman–Crippen LogP) is 5.70. The number of hydrogen-bond acceptors (Lipinski definition) is 3. The summed E-state index contributed by atoms with van der Waals surface area (Å²) < 4.78 is 45.0. The van der Waals surface area contributed by atoms with E-state index in [0.29, 0.717) is 36.1 Å². The third-order valence-electron chi connectivity index (χ3n) is 5.32. The molecule has 1 heterocycles. The van der Waals surface area contributed by atoms with Crippen LogP contribution in [0.5, 0.6) is 0 Å². The molecule has 1 aliphatic heterocycles. The van der Waals surface area contributed by atoms with Crippen LogP contribution in [0.15, 0.2) is 42.5 Å². The van der Waals surface area contributed by atoms with Gasteiger partial charge < -0.3 is 10.1 Å². The van der Waals surface area contributed by atoms with Crippen LogP contribution in [0.4, 0.5) is 18.0 Å². The van der Waals surface area contributed by atoms with E-state index < -0.39 is 29.5 Å². The van der Waals surface area contributed by atoms with Crippen molar-refractivity contribution >= 4 is 12.0 Å². The molecule has 0 radical (unpaired) electrons. The summed E-state index contributed by atoms with van der Waals surface area (Å²) in [6, 6.07) is 10.4. The first kappa shape index (κ1) is 24.6. The first-order valence-electron chi connectivity index (χ1n) is 10.9. The monoisotopic (exact) mass is 462 g/mol. The average molecular weight is 463 g/mol. The summed E-state index contributed by atoms with van der Waals surface area (Å²) in [5.41, 5.74) is 1.01. The lowest BCUT2D eigenvalue weighted by Crippen LogP contribution is -2.47. The van der Waals surface area contributed by atoms with Crippen molar-refractivity contribution < 1.29 is 27.5 Å². The van der Waals surface area contributed by atoms with E-state index in [1.54, 1.807) is 58.0 Å². The third kappa shape index (κ3) is 6.49. The lowest BCUT2D eigenvalue weighted by atomic mass is 9.98. The summed E-state index contributed by atoms with van der Waals surface area (Å²) in [4.78, 5) is 26.6. The maximum atomic E-state index is 13.2. The fourth-order valence-electron chi connectivity index (χ4n) is 3.86. The number of nitrogens with zero attached hydrogens (tertiary/aromatic N) is 1. The van der Waals surface area contributed by atoms with Gasteiger partial charge in [-0.2, -0.15) is 13.2 Å². The van der Waals surface area contributed by atoms with Crippen LogP contribution in [0.25, 0.3) is 11.1 Å². The molecule has 178 valence electrons. The van der Waals surface area contributed by atoms with Gasteiger partial charge in [0.05, 0.1) is 5.56 Å². The molecule has 1 saturated heterocycles. The van der Waals surface area contributed by atoms with Crippen molar-refractivity contribution in [1.29, 1.82) is 0 Å². The van der Waals surface area contributed by atoms with Gasteiger partial charge in [-0.05, 0) is 81.0 Å². The van der Waals surface area contributed by atoms with Gasteiger partial charge in [-0.3, -0.25) is 9.69 Å². The fraction of sp³-hybridized carbons (Fsp3) is 0.440. The molecule has 0 aromatic heterocycles. The first-order chi connectivity index (χ1) is 15.3. The van der Waals surface area contributed by atoms with Gasteiger partial charge in [0, 0.05) is 13.1 Å². The summed E-state index contributed by atoms with van der Waals surface area (Å²) in [5.74, 6) is -0.279. The van der Waals surface area contributed by atoms with Gasteiger partial charge in [0.15, 0.2) is 0 Å². The van der Waals surface area contributed by atoms with E-state index in [1.165, 1.54) is 4.90 Å². The van der Waals surface area contributed by atoms with Gasteiger partial charge in [-0.1, -0.05) is 24.3 Å². The Kier molecular flexibility index (Phi) is 7.05. The van der Waals surface area contributed by atoms with Crippen LogP contribution in [0.2, 0.25) is 0 Å². The maximum Gasteiger partial charge on any atom is 0.416 e. The second kappa shape index (κ2) is 9.45. The molecular weight excluding hydrogens is 433 g/mol. The Morgan fingerprint density at radius 3 is 2.48 bits per heavy atom. The molecule has 1 aliphatic rings. The number of hydrogen-bond donors (Lipinski definition) is 1. The molecule has 5 nitrogen and oxygen atoms in total. The van der Waals surface area contributed by atoms with E-state index in [4.69, 9.17) is 4.74 Å². The van der Waals surface area contributed by atoms with Crippen LogP contribution in [0.1, 0.15) is 50.3 Å². The number of benzene rings is 2. The summed E-state index contributed by atoms with van der Waals surface area (Å²) in [6.07, 6.45) is -3.67. The molecule has 2 aromatic carbocycles. The van der Waals surface area contributed by atoms with Crippen LogP contribution in [-0.4, -0.2) is 35.1 Å². The second-order valence-electron chi connectivity index (χ2n) is 9.34. The smallest absolute Gasteiger partial charge is 0.416 e. The van der Waals surface area contributed by atoms with E-state index in [-0.39, 0.29) is 12.5 Å². The van der Waals surface area contributed by atoms with E-state index in [2.05, 4.69) is 5.32 Å². The summed E-state index contributed by atoms with van der Waals surface area (Å²) >= 11 is 0. The SMILES string of the molecule is Cc1cc(-c2cccc(CNC(=O)[C@@H]3CCCN3C(=O)OC(C)(C)C)c2)cc(C(F)(F)F)c1. The molecule has 0 spiro atoms. The maximum absolute atomic E-state index is 13.2. The zero-order valence-electron chi connectivity index (χ0n) is 19.3. The minimum absolute atomic E-state index is 0.198. The van der Waals surface area contributed by atoms with Crippen LogP contribution in [0, 0.1) is 6.92 Å². The number of ether oxygens (including phenoxy) is 1. The van der Waals surface area contributed by atoms with E-state index in [9.17, 15) is 22.8 Å². The van der Waals surface area contributed by atoms with Crippen molar-refractivity contribution in [3.05, 3.63) is 59.2 Å². The normalized spacial score (nSPS) is 16.6. The van der Waals surface area contributed by atoms with Crippen molar-refractivity contribution in [2.24, 2.45) is 0 Å². The van der Waals surface area contributed by atoms with Crippen molar-refractivity contribution in [2.45, 2.75) is 64.9 Å². The largest absolute Gasteiger partial charge is 0.444 e. The molecule has 2 aromatic rings. The summed E-state index contributed by atoms with van der Waals surface area (Å²) in [6.45, 7) is 7.60. The lowest BCUT2D eigenvalue weighted by Gasteiger charge is -2.28. The Morgan fingerprint density at radius 2 is 1.82 bits per heavy atom. The molecule has 0 unspecified atom stereocenters. The minimum Gasteiger partial charge on any atom is -0.444 e.